The van der Waals surface area contributed by atoms with Crippen LogP contribution in [0.2, 0.25) is 0 Å². The molecule has 7 rings (SSSR count). The molecule has 2 aromatic heterocycles. The number of aromatic nitrogens is 2. The third kappa shape index (κ3) is 3.90. The van der Waals surface area contributed by atoms with Gasteiger partial charge in [-0.05, 0) is 48.9 Å². The van der Waals surface area contributed by atoms with Crippen LogP contribution in [0.25, 0.3) is 22.3 Å². The maximum Gasteiger partial charge on any atom is 0.340 e. The lowest BCUT2D eigenvalue weighted by atomic mass is 9.85. The minimum atomic E-state index is -1.48. The number of aliphatic hydroxyl groups is 2. The molecule has 200 valence electrons. The Morgan fingerprint density at radius 3 is 2.50 bits per heavy atom. The van der Waals surface area contributed by atoms with Gasteiger partial charge in [-0.25, -0.2) is 14.2 Å². The number of β-lactam (4-membered cyclic amide) rings is 1. The lowest BCUT2D eigenvalue weighted by Crippen LogP contribution is -2.50. The second-order valence-electron chi connectivity index (χ2n) is 9.62. The van der Waals surface area contributed by atoms with Gasteiger partial charge >= 0.3 is 5.97 Å². The second kappa shape index (κ2) is 9.92. The Balaban J connectivity index is 0.000000282. The largest absolute Gasteiger partial charge is 0.458 e. The normalized spacial score (nSPS) is 19.9. The molecule has 3 N–H and O–H groups in total. The summed E-state index contributed by atoms with van der Waals surface area (Å²) in [6.45, 7) is 6.69. The van der Waals surface area contributed by atoms with Crippen LogP contribution in [-0.2, 0) is 40.3 Å². The van der Waals surface area contributed by atoms with E-state index in [0.717, 1.165) is 41.3 Å². The van der Waals surface area contributed by atoms with E-state index in [9.17, 15) is 23.9 Å². The van der Waals surface area contributed by atoms with Crippen LogP contribution in [-0.4, -0.2) is 44.8 Å². The molecule has 0 spiro atoms. The number of aliphatic hydroxyl groups excluding tert-OH is 2. The smallest absolute Gasteiger partial charge is 0.340 e. The molecule has 3 aliphatic heterocycles. The number of hydrogen-bond acceptors (Lipinski definition) is 7. The zero-order chi connectivity index (χ0) is 27.3. The summed E-state index contributed by atoms with van der Waals surface area (Å²) in [6.07, 6.45) is 1.12. The molecule has 2 atom stereocenters. The van der Waals surface area contributed by atoms with E-state index in [0.29, 0.717) is 41.1 Å². The lowest BCUT2D eigenvalue weighted by Gasteiger charge is -2.22. The number of esters is 1. The van der Waals surface area contributed by atoms with Gasteiger partial charge in [-0.15, -0.1) is 0 Å². The van der Waals surface area contributed by atoms with E-state index < -0.39 is 12.1 Å². The highest BCUT2D eigenvalue weighted by Gasteiger charge is 2.35. The van der Waals surface area contributed by atoms with Gasteiger partial charge in [-0.3, -0.25) is 9.59 Å². The maximum atomic E-state index is 14.5. The summed E-state index contributed by atoms with van der Waals surface area (Å²) < 4.78 is 21.1. The molecule has 0 radical (unpaired) electrons. The Morgan fingerprint density at radius 2 is 1.87 bits per heavy atom. The van der Waals surface area contributed by atoms with Gasteiger partial charge < -0.3 is 24.8 Å². The van der Waals surface area contributed by atoms with Crippen molar-refractivity contribution in [3.8, 4) is 11.4 Å². The number of halogens is 1. The van der Waals surface area contributed by atoms with Crippen molar-refractivity contribution in [3.05, 3.63) is 61.7 Å². The Bertz CT molecular complexity index is 1540. The van der Waals surface area contributed by atoms with Crippen LogP contribution in [0.15, 0.2) is 16.9 Å². The zero-order valence-electron chi connectivity index (χ0n) is 21.6. The number of nitrogens with one attached hydrogen (secondary N) is 1. The van der Waals surface area contributed by atoms with Crippen molar-refractivity contribution in [3.63, 3.8) is 0 Å². The summed E-state index contributed by atoms with van der Waals surface area (Å²) in [5.41, 5.74) is 5.86. The van der Waals surface area contributed by atoms with Gasteiger partial charge in [0.2, 0.25) is 5.91 Å². The van der Waals surface area contributed by atoms with E-state index in [1.165, 1.54) is 6.07 Å². The lowest BCUT2D eigenvalue weighted by molar-refractivity contribution is -0.157. The van der Waals surface area contributed by atoms with Crippen molar-refractivity contribution in [1.82, 2.24) is 14.9 Å². The van der Waals surface area contributed by atoms with Gasteiger partial charge in [-0.1, -0.05) is 13.8 Å². The summed E-state index contributed by atoms with van der Waals surface area (Å²) in [5.74, 6) is -1.17. The number of amides is 1. The zero-order valence-corrected chi connectivity index (χ0v) is 21.6. The number of hydrogen-bond donors (Lipinski definition) is 3. The number of carbonyl (C=O) groups is 2. The Kier molecular flexibility index (Phi) is 6.79. The topological polar surface area (TPSA) is 131 Å². The molecule has 10 heteroatoms. The molecule has 4 aliphatic rings. The highest BCUT2D eigenvalue weighted by Crippen LogP contribution is 2.41. The average Bonchev–Trinajstić information content (AvgIpc) is 3.29. The Morgan fingerprint density at radius 1 is 1.13 bits per heavy atom. The second-order valence-corrected chi connectivity index (χ2v) is 9.62. The van der Waals surface area contributed by atoms with Gasteiger partial charge in [0.05, 0.1) is 41.5 Å². The number of rotatable bonds is 1. The maximum absolute atomic E-state index is 14.5. The van der Waals surface area contributed by atoms with Crippen molar-refractivity contribution in [2.75, 3.05) is 13.2 Å². The van der Waals surface area contributed by atoms with Crippen LogP contribution in [0.4, 0.5) is 4.39 Å². The first kappa shape index (κ1) is 26.0. The molecule has 1 aliphatic carbocycles. The number of benzene rings is 1. The Labute approximate surface area is 218 Å². The third-order valence-electron chi connectivity index (χ3n) is 7.65. The Hall–Kier alpha value is -3.63. The monoisotopic (exact) mass is 523 g/mol. The van der Waals surface area contributed by atoms with Crippen molar-refractivity contribution in [1.29, 1.82) is 0 Å². The fourth-order valence-electron chi connectivity index (χ4n) is 5.54. The van der Waals surface area contributed by atoms with E-state index in [-0.39, 0.29) is 42.0 Å². The molecule has 1 aromatic carbocycles. The molecule has 5 heterocycles. The van der Waals surface area contributed by atoms with Crippen molar-refractivity contribution >= 4 is 22.8 Å². The van der Waals surface area contributed by atoms with Crippen LogP contribution in [0, 0.1) is 18.7 Å². The quantitative estimate of drug-likeness (QED) is 0.258. The first-order chi connectivity index (χ1) is 18.3. The highest BCUT2D eigenvalue weighted by atomic mass is 19.1. The van der Waals surface area contributed by atoms with Crippen LogP contribution in [0.5, 0.6) is 0 Å². The molecule has 1 fully saturated rings. The minimum Gasteiger partial charge on any atom is -0.458 e. The molecule has 9 nitrogen and oxygen atoms in total. The molecule has 0 saturated carbocycles. The predicted octanol–water partition coefficient (Wildman–Crippen LogP) is 2.20. The molecule has 2 unspecified atom stereocenters. The van der Waals surface area contributed by atoms with Crippen molar-refractivity contribution < 1.29 is 28.9 Å². The van der Waals surface area contributed by atoms with Crippen molar-refractivity contribution in [2.24, 2.45) is 5.92 Å². The van der Waals surface area contributed by atoms with Gasteiger partial charge in [-0.2, -0.15) is 0 Å². The molecule has 1 amide bonds. The van der Waals surface area contributed by atoms with Crippen LogP contribution < -0.4 is 10.9 Å². The van der Waals surface area contributed by atoms with Crippen LogP contribution >= 0.6 is 0 Å². The molecule has 0 bridgehead atoms. The number of aryl methyl sites for hydroxylation is 2. The van der Waals surface area contributed by atoms with E-state index >= 15 is 0 Å². The van der Waals surface area contributed by atoms with Crippen molar-refractivity contribution in [2.45, 2.75) is 59.3 Å². The third-order valence-corrected chi connectivity index (χ3v) is 7.65. The first-order valence-electron chi connectivity index (χ1n) is 12.9. The molecule has 3 aromatic rings. The minimum absolute atomic E-state index is 0.00810. The van der Waals surface area contributed by atoms with Gasteiger partial charge in [0.15, 0.2) is 6.10 Å². The molecular formula is C28H30FN3O6. The van der Waals surface area contributed by atoms with E-state index in [1.54, 1.807) is 17.6 Å². The van der Waals surface area contributed by atoms with E-state index in [1.807, 2.05) is 13.8 Å². The summed E-state index contributed by atoms with van der Waals surface area (Å²) >= 11 is 0. The predicted molar refractivity (Wildman–Crippen MR) is 137 cm³/mol. The summed E-state index contributed by atoms with van der Waals surface area (Å²) in [5, 5.41) is 22.0. The standard InChI is InChI=1S/C22H17FN2O4.C4H7NO2.C2H6/c1-9-10-3-2-4-11-13-7-25-17(19(13)24-16(18(10)11)6-15(9)23)5-12-14(21(25)27)8-29-22(28)20(12)26;6-2-3-1-5-4(3)7;1-2/h5-6,20,26H,2-4,7-8H2,1H3;3,6H,1-2H2,(H,5,7);1-2H3. The number of pyridine rings is 2. The SMILES string of the molecule is CC.Cc1c(F)cc2nc3c(c4c2c1CCC4)Cn1c-3cc2c(c1=O)COC(=O)C2O.O=C1NCC1CO. The van der Waals surface area contributed by atoms with Crippen LogP contribution in [0.1, 0.15) is 59.8 Å². The number of ether oxygens (including phenoxy) is 1. The van der Waals surface area contributed by atoms with Crippen LogP contribution in [0.3, 0.4) is 0 Å². The van der Waals surface area contributed by atoms with Gasteiger partial charge in [0.1, 0.15) is 12.4 Å². The molecular weight excluding hydrogens is 493 g/mol. The number of fused-ring (bicyclic) bond motifs is 5. The highest BCUT2D eigenvalue weighted by molar-refractivity contribution is 5.92. The van der Waals surface area contributed by atoms with Gasteiger partial charge in [0, 0.05) is 29.1 Å². The van der Waals surface area contributed by atoms with Gasteiger partial charge in [0.25, 0.3) is 5.56 Å². The average molecular weight is 524 g/mol. The first-order valence-corrected chi connectivity index (χ1v) is 12.9. The summed E-state index contributed by atoms with van der Waals surface area (Å²) in [6, 6.07) is 3.13. The molecule has 1 saturated heterocycles. The van der Waals surface area contributed by atoms with E-state index in [4.69, 9.17) is 14.8 Å². The number of cyclic esters (lactones) is 1. The number of carbonyl (C=O) groups excluding carboxylic acids is 2. The number of nitrogens with zero attached hydrogens (tertiary/aromatic N) is 2. The van der Waals surface area contributed by atoms with E-state index in [2.05, 4.69) is 5.32 Å². The fourth-order valence-corrected chi connectivity index (χ4v) is 5.54. The molecule has 38 heavy (non-hydrogen) atoms. The fraction of sp³-hybridized carbons (Fsp3) is 0.429. The summed E-state index contributed by atoms with van der Waals surface area (Å²) in [4.78, 5) is 39.8. The summed E-state index contributed by atoms with van der Waals surface area (Å²) in [7, 11) is 0.